The van der Waals surface area contributed by atoms with E-state index in [1.165, 1.54) is 26.2 Å². The maximum atomic E-state index is 12.4. The van der Waals surface area contributed by atoms with Gasteiger partial charge in [-0.1, -0.05) is 6.07 Å². The van der Waals surface area contributed by atoms with Crippen LogP contribution in [0, 0.1) is 0 Å². The van der Waals surface area contributed by atoms with Gasteiger partial charge in [0.25, 0.3) is 0 Å². The van der Waals surface area contributed by atoms with Gasteiger partial charge < -0.3 is 29.0 Å². The van der Waals surface area contributed by atoms with Crippen LogP contribution in [0.2, 0.25) is 0 Å². The Morgan fingerprint density at radius 3 is 2.52 bits per heavy atom. The zero-order valence-corrected chi connectivity index (χ0v) is 14.6. The molecular weight excluding hydrogens is 330 g/mol. The first-order valence-electron chi connectivity index (χ1n) is 7.91. The van der Waals surface area contributed by atoms with Gasteiger partial charge in [-0.15, -0.1) is 0 Å². The molecule has 0 aromatic heterocycles. The molecule has 1 unspecified atom stereocenters. The normalized spacial score (nSPS) is 17.1. The molecule has 138 valence electrons. The Labute approximate surface area is 146 Å². The minimum absolute atomic E-state index is 0.0667. The Bertz CT molecular complexity index is 632. The van der Waals surface area contributed by atoms with Crippen molar-refractivity contribution in [2.75, 3.05) is 41.0 Å². The second-order valence-corrected chi connectivity index (χ2v) is 5.53. The molecule has 2 rings (SSSR count). The first-order valence-corrected chi connectivity index (χ1v) is 7.91. The second kappa shape index (κ2) is 8.57. The van der Waals surface area contributed by atoms with Gasteiger partial charge in [0, 0.05) is 13.0 Å². The van der Waals surface area contributed by atoms with Crippen LogP contribution >= 0.6 is 0 Å². The minimum Gasteiger partial charge on any atom is -0.493 e. The smallest absolute Gasteiger partial charge is 0.334 e. The van der Waals surface area contributed by atoms with Crippen LogP contribution in [0.4, 0.5) is 0 Å². The number of amides is 1. The molecular formula is C17H23NO7. The molecule has 1 heterocycles. The summed E-state index contributed by atoms with van der Waals surface area (Å²) in [7, 11) is 4.59. The van der Waals surface area contributed by atoms with Crippen molar-refractivity contribution in [3.05, 3.63) is 17.7 Å². The van der Waals surface area contributed by atoms with Crippen LogP contribution in [0.15, 0.2) is 12.1 Å². The molecule has 1 aliphatic heterocycles. The van der Waals surface area contributed by atoms with E-state index >= 15 is 0 Å². The van der Waals surface area contributed by atoms with Gasteiger partial charge in [0.15, 0.2) is 17.6 Å². The van der Waals surface area contributed by atoms with E-state index < -0.39 is 12.1 Å². The number of hydrogen-bond donors (Lipinski definition) is 1. The third kappa shape index (κ3) is 4.33. The quantitative estimate of drug-likeness (QED) is 0.780. The highest BCUT2D eigenvalue weighted by atomic mass is 16.5. The van der Waals surface area contributed by atoms with E-state index in [2.05, 4.69) is 0 Å². The van der Waals surface area contributed by atoms with Crippen molar-refractivity contribution in [3.8, 4) is 17.2 Å². The second-order valence-electron chi connectivity index (χ2n) is 5.53. The number of methoxy groups -OCH3 is 3. The lowest BCUT2D eigenvalue weighted by molar-refractivity contribution is -0.159. The van der Waals surface area contributed by atoms with E-state index in [0.717, 1.165) is 5.56 Å². The third-order valence-electron chi connectivity index (χ3n) is 4.09. The summed E-state index contributed by atoms with van der Waals surface area (Å²) in [6, 6.07) is 3.59. The number of carboxylic acids is 1. The number of benzene rings is 1. The van der Waals surface area contributed by atoms with Gasteiger partial charge >= 0.3 is 5.97 Å². The molecule has 1 atom stereocenters. The number of rotatable bonds is 7. The Balaban J connectivity index is 2.05. The van der Waals surface area contributed by atoms with Gasteiger partial charge in [-0.2, -0.15) is 0 Å². The lowest BCUT2D eigenvalue weighted by Crippen LogP contribution is -2.48. The van der Waals surface area contributed by atoms with Crippen LogP contribution < -0.4 is 14.2 Å². The van der Waals surface area contributed by atoms with Crippen LogP contribution in [0.5, 0.6) is 17.2 Å². The zero-order valence-electron chi connectivity index (χ0n) is 14.6. The molecule has 8 nitrogen and oxygen atoms in total. The van der Waals surface area contributed by atoms with Crippen molar-refractivity contribution >= 4 is 11.9 Å². The van der Waals surface area contributed by atoms with E-state index in [-0.39, 0.29) is 25.5 Å². The van der Waals surface area contributed by atoms with Crippen molar-refractivity contribution < 1.29 is 33.6 Å². The number of carbonyl (C=O) groups excluding carboxylic acids is 1. The van der Waals surface area contributed by atoms with Crippen LogP contribution in [-0.4, -0.2) is 69.0 Å². The predicted octanol–water partition coefficient (Wildman–Crippen LogP) is 0.957. The summed E-state index contributed by atoms with van der Waals surface area (Å²) in [4.78, 5) is 24.9. The Kier molecular flexibility index (Phi) is 6.46. The standard InChI is InChI=1S/C17H23NO7/c1-22-12-6-4-11(15(23-2)16(12)24-3)5-7-14(19)18-8-9-25-13(10-18)17(20)21/h4,6,13H,5,7-10H2,1-3H3,(H,20,21). The zero-order chi connectivity index (χ0) is 18.4. The van der Waals surface area contributed by atoms with E-state index in [1.807, 2.05) is 6.07 Å². The topological polar surface area (TPSA) is 94.5 Å². The van der Waals surface area contributed by atoms with Crippen molar-refractivity contribution in [1.29, 1.82) is 0 Å². The van der Waals surface area contributed by atoms with E-state index in [9.17, 15) is 9.59 Å². The maximum Gasteiger partial charge on any atom is 0.334 e. The fourth-order valence-corrected chi connectivity index (χ4v) is 2.78. The summed E-state index contributed by atoms with van der Waals surface area (Å²) in [6.07, 6.45) is -0.288. The highest BCUT2D eigenvalue weighted by Crippen LogP contribution is 2.40. The lowest BCUT2D eigenvalue weighted by atomic mass is 10.1. The van der Waals surface area contributed by atoms with Gasteiger partial charge in [-0.25, -0.2) is 4.79 Å². The lowest BCUT2D eigenvalue weighted by Gasteiger charge is -2.31. The maximum absolute atomic E-state index is 12.4. The molecule has 8 heteroatoms. The summed E-state index contributed by atoms with van der Waals surface area (Å²) in [5.74, 6) is 0.379. The monoisotopic (exact) mass is 353 g/mol. The molecule has 0 saturated carbocycles. The number of aliphatic carboxylic acids is 1. The fourth-order valence-electron chi connectivity index (χ4n) is 2.78. The van der Waals surface area contributed by atoms with E-state index in [4.69, 9.17) is 24.1 Å². The molecule has 0 radical (unpaired) electrons. The highest BCUT2D eigenvalue weighted by molar-refractivity contribution is 5.79. The van der Waals surface area contributed by atoms with Crippen LogP contribution in [-0.2, 0) is 20.7 Å². The minimum atomic E-state index is -1.06. The molecule has 1 N–H and O–H groups in total. The number of nitrogens with zero attached hydrogens (tertiary/aromatic N) is 1. The summed E-state index contributed by atoms with van der Waals surface area (Å²) >= 11 is 0. The average Bonchev–Trinajstić information content (AvgIpc) is 2.64. The molecule has 0 aliphatic carbocycles. The number of carbonyl (C=O) groups is 2. The van der Waals surface area contributed by atoms with Crippen LogP contribution in [0.25, 0.3) is 0 Å². The molecule has 1 fully saturated rings. The Morgan fingerprint density at radius 2 is 1.92 bits per heavy atom. The first-order chi connectivity index (χ1) is 12.0. The molecule has 1 saturated heterocycles. The number of aryl methyl sites for hydroxylation is 1. The summed E-state index contributed by atoms with van der Waals surface area (Å²) in [6.45, 7) is 0.686. The SMILES string of the molecule is COc1ccc(CCC(=O)N2CCOC(C(=O)O)C2)c(OC)c1OC. The highest BCUT2D eigenvalue weighted by Gasteiger charge is 2.29. The average molecular weight is 353 g/mol. The van der Waals surface area contributed by atoms with Crippen molar-refractivity contribution in [1.82, 2.24) is 4.90 Å². The van der Waals surface area contributed by atoms with Gasteiger partial charge in [0.1, 0.15) is 0 Å². The molecule has 1 aromatic rings. The predicted molar refractivity (Wildman–Crippen MR) is 88.4 cm³/mol. The van der Waals surface area contributed by atoms with Gasteiger partial charge in [0.2, 0.25) is 11.7 Å². The fraction of sp³-hybridized carbons (Fsp3) is 0.529. The number of morpholine rings is 1. The number of carboxylic acid groups (broad SMARTS) is 1. The molecule has 0 spiro atoms. The number of ether oxygens (including phenoxy) is 4. The van der Waals surface area contributed by atoms with Crippen LogP contribution in [0.3, 0.4) is 0 Å². The van der Waals surface area contributed by atoms with Gasteiger partial charge in [-0.3, -0.25) is 4.79 Å². The molecule has 1 amide bonds. The third-order valence-corrected chi connectivity index (χ3v) is 4.09. The Morgan fingerprint density at radius 1 is 1.20 bits per heavy atom. The van der Waals surface area contributed by atoms with E-state index in [1.54, 1.807) is 6.07 Å². The summed E-state index contributed by atoms with van der Waals surface area (Å²) in [5, 5.41) is 9.02. The summed E-state index contributed by atoms with van der Waals surface area (Å²) < 4.78 is 21.1. The van der Waals surface area contributed by atoms with Crippen molar-refractivity contribution in [2.45, 2.75) is 18.9 Å². The van der Waals surface area contributed by atoms with Gasteiger partial charge in [-0.05, 0) is 18.1 Å². The summed E-state index contributed by atoms with van der Waals surface area (Å²) in [5.41, 5.74) is 0.816. The molecule has 25 heavy (non-hydrogen) atoms. The van der Waals surface area contributed by atoms with Gasteiger partial charge in [0.05, 0.1) is 34.5 Å². The van der Waals surface area contributed by atoms with Crippen molar-refractivity contribution in [3.63, 3.8) is 0 Å². The molecule has 1 aliphatic rings. The largest absolute Gasteiger partial charge is 0.493 e. The Hall–Kier alpha value is -2.48. The molecule has 0 bridgehead atoms. The van der Waals surface area contributed by atoms with Crippen LogP contribution in [0.1, 0.15) is 12.0 Å². The van der Waals surface area contributed by atoms with Crippen molar-refractivity contribution in [2.24, 2.45) is 0 Å². The van der Waals surface area contributed by atoms with E-state index in [0.29, 0.717) is 30.2 Å². The number of hydrogen-bond acceptors (Lipinski definition) is 6. The first kappa shape index (κ1) is 18.9. The molecule has 1 aromatic carbocycles.